The van der Waals surface area contributed by atoms with Crippen molar-refractivity contribution in [1.82, 2.24) is 15.5 Å². The minimum atomic E-state index is -0.720. The molecule has 0 aromatic heterocycles. The summed E-state index contributed by atoms with van der Waals surface area (Å²) < 4.78 is 5.16. The molecule has 1 heterocycles. The topological polar surface area (TPSA) is 87.7 Å². The van der Waals surface area contributed by atoms with Crippen LogP contribution in [-0.2, 0) is 9.59 Å². The van der Waals surface area contributed by atoms with Crippen LogP contribution in [0, 0.1) is 0 Å². The number of amides is 4. The van der Waals surface area contributed by atoms with Crippen molar-refractivity contribution in [1.29, 1.82) is 0 Å². The lowest BCUT2D eigenvalue weighted by atomic mass is 9.98. The molecule has 0 bridgehead atoms. The summed E-state index contributed by atoms with van der Waals surface area (Å²) in [5.41, 5.74) is 0.273. The maximum Gasteiger partial charge on any atom is 0.325 e. The van der Waals surface area contributed by atoms with Crippen LogP contribution in [0.3, 0.4) is 0 Å². The van der Waals surface area contributed by atoms with Crippen LogP contribution >= 0.6 is 0 Å². The molecule has 1 aromatic carbocycles. The highest BCUT2D eigenvalue weighted by atomic mass is 16.5. The van der Waals surface area contributed by atoms with Crippen molar-refractivity contribution in [2.24, 2.45) is 0 Å². The average molecular weight is 373 g/mol. The minimum absolute atomic E-state index is 0.0991. The van der Waals surface area contributed by atoms with Gasteiger partial charge in [0.15, 0.2) is 0 Å². The molecule has 0 unspecified atom stereocenters. The van der Waals surface area contributed by atoms with Gasteiger partial charge in [0.2, 0.25) is 5.91 Å². The van der Waals surface area contributed by atoms with Gasteiger partial charge < -0.3 is 15.4 Å². The van der Waals surface area contributed by atoms with E-state index in [1.165, 1.54) is 4.90 Å². The average Bonchev–Trinajstić information content (AvgIpc) is 3.24. The Kier molecular flexibility index (Phi) is 5.68. The molecule has 1 aromatic rings. The maximum absolute atomic E-state index is 12.6. The number of carbonyl (C=O) groups excluding carboxylic acids is 3. The summed E-state index contributed by atoms with van der Waals surface area (Å²) in [6.07, 6.45) is 4.11. The van der Waals surface area contributed by atoms with E-state index in [1.807, 2.05) is 31.2 Å². The second-order valence-electron chi connectivity index (χ2n) is 7.23. The van der Waals surface area contributed by atoms with Gasteiger partial charge in [0.1, 0.15) is 11.3 Å². The zero-order valence-corrected chi connectivity index (χ0v) is 15.9. The molecule has 7 nitrogen and oxygen atoms in total. The van der Waals surface area contributed by atoms with Gasteiger partial charge in [-0.05, 0) is 37.0 Å². The van der Waals surface area contributed by atoms with E-state index in [0.717, 1.165) is 30.6 Å². The van der Waals surface area contributed by atoms with Crippen molar-refractivity contribution in [3.63, 3.8) is 0 Å². The number of hydrogen-bond donors (Lipinski definition) is 2. The quantitative estimate of drug-likeness (QED) is 0.719. The monoisotopic (exact) mass is 373 g/mol. The zero-order valence-electron chi connectivity index (χ0n) is 15.9. The summed E-state index contributed by atoms with van der Waals surface area (Å²) in [5, 5.41) is 5.82. The highest BCUT2D eigenvalue weighted by Gasteiger charge is 2.52. The normalized spacial score (nSPS) is 19.3. The third-order valence-electron chi connectivity index (χ3n) is 5.53. The molecule has 7 heteroatoms. The highest BCUT2D eigenvalue weighted by molar-refractivity contribution is 6.07. The number of nitrogens with one attached hydrogen (secondary N) is 2. The summed E-state index contributed by atoms with van der Waals surface area (Å²) in [6, 6.07) is 7.07. The van der Waals surface area contributed by atoms with E-state index in [0.29, 0.717) is 12.8 Å². The molecule has 1 aliphatic heterocycles. The number of nitrogens with zero attached hydrogens (tertiary/aromatic N) is 1. The van der Waals surface area contributed by atoms with Gasteiger partial charge in [0, 0.05) is 13.0 Å². The van der Waals surface area contributed by atoms with Crippen LogP contribution in [0.25, 0.3) is 0 Å². The number of rotatable bonds is 7. The first-order chi connectivity index (χ1) is 13.0. The summed E-state index contributed by atoms with van der Waals surface area (Å²) in [5.74, 6) is 0.407. The zero-order chi connectivity index (χ0) is 19.4. The third kappa shape index (κ3) is 3.91. The Bertz CT molecular complexity index is 710. The molecular weight excluding hydrogens is 346 g/mol. The SMILES string of the molecule is CC[C@H](NC(=O)CCN1C(=O)NC2(CCCC2)C1=O)c1ccc(OC)cc1. The minimum Gasteiger partial charge on any atom is -0.497 e. The smallest absolute Gasteiger partial charge is 0.325 e. The van der Waals surface area contributed by atoms with Gasteiger partial charge in [-0.2, -0.15) is 0 Å². The lowest BCUT2D eigenvalue weighted by Crippen LogP contribution is -2.44. The van der Waals surface area contributed by atoms with Gasteiger partial charge in [-0.25, -0.2) is 4.79 Å². The van der Waals surface area contributed by atoms with Crippen LogP contribution in [0.4, 0.5) is 4.79 Å². The van der Waals surface area contributed by atoms with Crippen LogP contribution in [0.5, 0.6) is 5.75 Å². The number of carbonyl (C=O) groups is 3. The van der Waals surface area contributed by atoms with Crippen LogP contribution in [-0.4, -0.2) is 41.9 Å². The fourth-order valence-electron chi connectivity index (χ4n) is 3.93. The molecule has 0 radical (unpaired) electrons. The summed E-state index contributed by atoms with van der Waals surface area (Å²) in [4.78, 5) is 38.4. The highest BCUT2D eigenvalue weighted by Crippen LogP contribution is 2.35. The van der Waals surface area contributed by atoms with Gasteiger partial charge >= 0.3 is 6.03 Å². The van der Waals surface area contributed by atoms with Gasteiger partial charge in [-0.1, -0.05) is 31.9 Å². The Balaban J connectivity index is 1.55. The summed E-state index contributed by atoms with van der Waals surface area (Å²) in [7, 11) is 1.61. The van der Waals surface area contributed by atoms with E-state index in [2.05, 4.69) is 10.6 Å². The predicted molar refractivity (Wildman–Crippen MR) is 100 cm³/mol. The standard InChI is InChI=1S/C20H27N3O4/c1-3-16(14-6-8-15(27-2)9-7-14)21-17(24)10-13-23-18(25)20(22-19(23)26)11-4-5-12-20/h6-9,16H,3-5,10-13H2,1-2H3,(H,21,24)(H,22,26)/t16-/m0/s1. The largest absolute Gasteiger partial charge is 0.497 e. The molecule has 1 saturated carbocycles. The summed E-state index contributed by atoms with van der Waals surface area (Å²) in [6.45, 7) is 2.10. The van der Waals surface area contributed by atoms with Crippen molar-refractivity contribution >= 4 is 17.8 Å². The second kappa shape index (κ2) is 7.98. The van der Waals surface area contributed by atoms with Gasteiger partial charge in [-0.15, -0.1) is 0 Å². The fourth-order valence-corrected chi connectivity index (χ4v) is 3.93. The number of ether oxygens (including phenoxy) is 1. The van der Waals surface area contributed by atoms with E-state index >= 15 is 0 Å². The molecular formula is C20H27N3O4. The first-order valence-corrected chi connectivity index (χ1v) is 9.56. The van der Waals surface area contributed by atoms with Crippen molar-refractivity contribution in [3.05, 3.63) is 29.8 Å². The Morgan fingerprint density at radius 2 is 1.93 bits per heavy atom. The number of benzene rings is 1. The molecule has 2 aliphatic rings. The maximum atomic E-state index is 12.6. The number of hydrogen-bond acceptors (Lipinski definition) is 4. The Hall–Kier alpha value is -2.57. The van der Waals surface area contributed by atoms with Crippen LogP contribution in [0.2, 0.25) is 0 Å². The predicted octanol–water partition coefficient (Wildman–Crippen LogP) is 2.52. The second-order valence-corrected chi connectivity index (χ2v) is 7.23. The van der Waals surface area contributed by atoms with Crippen LogP contribution < -0.4 is 15.4 Å². The first-order valence-electron chi connectivity index (χ1n) is 9.56. The molecule has 1 saturated heterocycles. The van der Waals surface area contributed by atoms with E-state index in [-0.39, 0.29) is 36.9 Å². The van der Waals surface area contributed by atoms with E-state index < -0.39 is 5.54 Å². The Morgan fingerprint density at radius 3 is 2.52 bits per heavy atom. The number of imide groups is 1. The van der Waals surface area contributed by atoms with Crippen molar-refractivity contribution < 1.29 is 19.1 Å². The summed E-state index contributed by atoms with van der Waals surface area (Å²) >= 11 is 0. The molecule has 1 aliphatic carbocycles. The number of urea groups is 1. The lowest BCUT2D eigenvalue weighted by Gasteiger charge is -2.21. The van der Waals surface area contributed by atoms with Crippen LogP contribution in [0.1, 0.15) is 57.1 Å². The van der Waals surface area contributed by atoms with Crippen molar-refractivity contribution in [2.45, 2.75) is 57.0 Å². The molecule has 1 atom stereocenters. The molecule has 3 rings (SSSR count). The molecule has 1 spiro atoms. The first kappa shape index (κ1) is 19.2. The van der Waals surface area contributed by atoms with E-state index in [4.69, 9.17) is 4.74 Å². The van der Waals surface area contributed by atoms with Gasteiger partial charge in [0.25, 0.3) is 5.91 Å². The van der Waals surface area contributed by atoms with Crippen LogP contribution in [0.15, 0.2) is 24.3 Å². The van der Waals surface area contributed by atoms with Crippen molar-refractivity contribution in [3.8, 4) is 5.75 Å². The fraction of sp³-hybridized carbons (Fsp3) is 0.550. The van der Waals surface area contributed by atoms with E-state index in [1.54, 1.807) is 7.11 Å². The van der Waals surface area contributed by atoms with E-state index in [9.17, 15) is 14.4 Å². The molecule has 27 heavy (non-hydrogen) atoms. The van der Waals surface area contributed by atoms with Gasteiger partial charge in [0.05, 0.1) is 13.2 Å². The molecule has 4 amide bonds. The van der Waals surface area contributed by atoms with Crippen molar-refractivity contribution in [2.75, 3.05) is 13.7 Å². The Morgan fingerprint density at radius 1 is 1.26 bits per heavy atom. The Labute approximate surface area is 159 Å². The number of methoxy groups -OCH3 is 1. The third-order valence-corrected chi connectivity index (χ3v) is 5.53. The molecule has 2 fully saturated rings. The van der Waals surface area contributed by atoms with Gasteiger partial charge in [-0.3, -0.25) is 14.5 Å². The molecule has 2 N–H and O–H groups in total. The lowest BCUT2D eigenvalue weighted by molar-refractivity contribution is -0.131. The molecule has 146 valence electrons.